The van der Waals surface area contributed by atoms with Crippen LogP contribution >= 0.6 is 0 Å². The van der Waals surface area contributed by atoms with Gasteiger partial charge in [-0.15, -0.1) is 0 Å². The van der Waals surface area contributed by atoms with E-state index < -0.39 is 17.8 Å². The lowest BCUT2D eigenvalue weighted by Gasteiger charge is -2.33. The lowest BCUT2D eigenvalue weighted by atomic mass is 9.97. The minimum absolute atomic E-state index is 0.0799. The van der Waals surface area contributed by atoms with Gasteiger partial charge in [-0.25, -0.2) is 0 Å². The molecule has 0 aliphatic carbocycles. The Morgan fingerprint density at radius 3 is 2.69 bits per heavy atom. The maximum absolute atomic E-state index is 13.0. The number of nitrogens with zero attached hydrogens (tertiary/aromatic N) is 3. The molecule has 0 spiro atoms. The number of aryl methyl sites for hydroxylation is 3. The third kappa shape index (κ3) is 3.48. The fourth-order valence-electron chi connectivity index (χ4n) is 3.50. The molecule has 2 aromatic rings. The van der Waals surface area contributed by atoms with Crippen LogP contribution in [0.25, 0.3) is 0 Å². The van der Waals surface area contributed by atoms with Gasteiger partial charge in [0.15, 0.2) is 5.69 Å². The van der Waals surface area contributed by atoms with Crippen LogP contribution in [0.15, 0.2) is 24.3 Å². The highest BCUT2D eigenvalue weighted by Crippen LogP contribution is 2.32. The van der Waals surface area contributed by atoms with Crippen molar-refractivity contribution in [3.8, 4) is 0 Å². The topological polar surface area (TPSA) is 38.1 Å². The summed E-state index contributed by atoms with van der Waals surface area (Å²) in [5.41, 5.74) is 2.61. The quantitative estimate of drug-likeness (QED) is 0.820. The Morgan fingerprint density at radius 2 is 2.04 bits per heavy atom. The summed E-state index contributed by atoms with van der Waals surface area (Å²) in [6.45, 7) is 6.04. The van der Waals surface area contributed by atoms with Crippen LogP contribution in [0.4, 0.5) is 18.9 Å². The third-order valence-corrected chi connectivity index (χ3v) is 4.83. The minimum Gasteiger partial charge on any atom is -0.312 e. The van der Waals surface area contributed by atoms with E-state index in [1.54, 1.807) is 18.7 Å². The summed E-state index contributed by atoms with van der Waals surface area (Å²) in [6, 6.07) is 7.00. The number of hydrogen-bond donors (Lipinski definition) is 0. The van der Waals surface area contributed by atoms with Crippen LogP contribution in [0.1, 0.15) is 35.9 Å². The molecule has 1 aromatic carbocycles. The third-order valence-electron chi connectivity index (χ3n) is 4.83. The molecule has 3 rings (SSSR count). The van der Waals surface area contributed by atoms with Gasteiger partial charge in [-0.3, -0.25) is 9.48 Å². The SMILES string of the molecule is Cc1cccc2c1N(C(=O)[C@H](C)Cn1nc(C(F)(F)F)cc1C)CCC2. The Balaban J connectivity index is 1.81. The highest BCUT2D eigenvalue weighted by atomic mass is 19.4. The van der Waals surface area contributed by atoms with Crippen LogP contribution in [0.3, 0.4) is 0 Å². The van der Waals surface area contributed by atoms with Crippen molar-refractivity contribution < 1.29 is 18.0 Å². The number of amides is 1. The van der Waals surface area contributed by atoms with Gasteiger partial charge in [0.05, 0.1) is 12.5 Å². The van der Waals surface area contributed by atoms with E-state index in [1.165, 1.54) is 4.68 Å². The van der Waals surface area contributed by atoms with Gasteiger partial charge >= 0.3 is 6.18 Å². The van der Waals surface area contributed by atoms with Crippen LogP contribution in [0, 0.1) is 19.8 Å². The molecule has 1 atom stereocenters. The summed E-state index contributed by atoms with van der Waals surface area (Å²) in [6.07, 6.45) is -2.66. The van der Waals surface area contributed by atoms with Crippen LogP contribution in [-0.4, -0.2) is 22.2 Å². The molecular weight excluding hydrogens is 343 g/mol. The van der Waals surface area contributed by atoms with E-state index in [9.17, 15) is 18.0 Å². The molecule has 26 heavy (non-hydrogen) atoms. The molecule has 0 N–H and O–H groups in total. The summed E-state index contributed by atoms with van der Waals surface area (Å²) in [5.74, 6) is -0.552. The van der Waals surface area contributed by atoms with Crippen molar-refractivity contribution >= 4 is 11.6 Å². The number of hydrogen-bond acceptors (Lipinski definition) is 2. The van der Waals surface area contributed by atoms with E-state index in [1.807, 2.05) is 25.1 Å². The zero-order valence-corrected chi connectivity index (χ0v) is 15.1. The van der Waals surface area contributed by atoms with Gasteiger partial charge in [-0.2, -0.15) is 18.3 Å². The molecule has 0 fully saturated rings. The van der Waals surface area contributed by atoms with Gasteiger partial charge in [0, 0.05) is 17.9 Å². The summed E-state index contributed by atoms with van der Waals surface area (Å²) >= 11 is 0. The lowest BCUT2D eigenvalue weighted by Crippen LogP contribution is -2.40. The largest absolute Gasteiger partial charge is 0.435 e. The maximum atomic E-state index is 13.0. The molecule has 140 valence electrons. The molecule has 4 nitrogen and oxygen atoms in total. The number of para-hydroxylation sites is 1. The van der Waals surface area contributed by atoms with Gasteiger partial charge in [-0.1, -0.05) is 25.1 Å². The Bertz CT molecular complexity index is 826. The molecule has 0 radical (unpaired) electrons. The Labute approximate surface area is 150 Å². The van der Waals surface area contributed by atoms with Crippen molar-refractivity contribution in [2.75, 3.05) is 11.4 Å². The first-order valence-electron chi connectivity index (χ1n) is 8.70. The molecule has 0 saturated heterocycles. The van der Waals surface area contributed by atoms with E-state index in [-0.39, 0.29) is 12.5 Å². The van der Waals surface area contributed by atoms with Crippen molar-refractivity contribution in [1.29, 1.82) is 0 Å². The molecule has 0 saturated carbocycles. The standard InChI is InChI=1S/C19H22F3N3O/c1-12-6-4-7-15-8-5-9-24(17(12)15)18(26)13(2)11-25-14(3)10-16(23-25)19(20,21)22/h4,6-7,10,13H,5,8-9,11H2,1-3H3/t13-/m1/s1. The minimum atomic E-state index is -4.48. The first-order chi connectivity index (χ1) is 12.2. The first-order valence-corrected chi connectivity index (χ1v) is 8.70. The van der Waals surface area contributed by atoms with E-state index in [0.29, 0.717) is 12.2 Å². The lowest BCUT2D eigenvalue weighted by molar-refractivity contribution is -0.141. The Hall–Kier alpha value is -2.31. The second kappa shape index (κ2) is 6.78. The predicted molar refractivity (Wildman–Crippen MR) is 93.0 cm³/mol. The average molecular weight is 365 g/mol. The van der Waals surface area contributed by atoms with Crippen LogP contribution in [0.2, 0.25) is 0 Å². The molecule has 7 heteroatoms. The maximum Gasteiger partial charge on any atom is 0.435 e. The number of benzene rings is 1. The molecule has 1 aliphatic heterocycles. The van der Waals surface area contributed by atoms with Crippen molar-refractivity contribution in [3.63, 3.8) is 0 Å². The van der Waals surface area contributed by atoms with E-state index in [2.05, 4.69) is 5.10 Å². The van der Waals surface area contributed by atoms with Gasteiger partial charge in [0.1, 0.15) is 0 Å². The number of aromatic nitrogens is 2. The van der Waals surface area contributed by atoms with Crippen LogP contribution in [0.5, 0.6) is 0 Å². The van der Waals surface area contributed by atoms with Gasteiger partial charge in [0.2, 0.25) is 5.91 Å². The monoisotopic (exact) mass is 365 g/mol. The van der Waals surface area contributed by atoms with Crippen LogP contribution < -0.4 is 4.90 Å². The number of alkyl halides is 3. The van der Waals surface area contributed by atoms with E-state index >= 15 is 0 Å². The summed E-state index contributed by atoms with van der Waals surface area (Å²) in [5, 5.41) is 3.63. The first kappa shape index (κ1) is 18.5. The summed E-state index contributed by atoms with van der Waals surface area (Å²) in [4.78, 5) is 14.8. The molecule has 2 heterocycles. The second-order valence-corrected chi connectivity index (χ2v) is 6.93. The number of carbonyl (C=O) groups excluding carboxylic acids is 1. The zero-order chi connectivity index (χ0) is 19.1. The zero-order valence-electron chi connectivity index (χ0n) is 15.1. The van der Waals surface area contributed by atoms with Crippen molar-refractivity contribution in [2.24, 2.45) is 5.92 Å². The normalized spacial score (nSPS) is 15.7. The highest BCUT2D eigenvalue weighted by molar-refractivity contribution is 5.96. The van der Waals surface area contributed by atoms with Crippen molar-refractivity contribution in [3.05, 3.63) is 46.8 Å². The molecule has 1 amide bonds. The summed E-state index contributed by atoms with van der Waals surface area (Å²) in [7, 11) is 0. The number of carbonyl (C=O) groups is 1. The average Bonchev–Trinajstić information content (AvgIpc) is 2.95. The van der Waals surface area contributed by atoms with Gasteiger partial charge in [0.25, 0.3) is 0 Å². The number of anilines is 1. The Kier molecular flexibility index (Phi) is 4.82. The second-order valence-electron chi connectivity index (χ2n) is 6.93. The van der Waals surface area contributed by atoms with Gasteiger partial charge < -0.3 is 4.90 Å². The Morgan fingerprint density at radius 1 is 1.31 bits per heavy atom. The molecular formula is C19H22F3N3O. The number of rotatable bonds is 3. The molecule has 0 unspecified atom stereocenters. The van der Waals surface area contributed by atoms with Crippen molar-refractivity contribution in [1.82, 2.24) is 9.78 Å². The molecule has 0 bridgehead atoms. The highest BCUT2D eigenvalue weighted by Gasteiger charge is 2.35. The smallest absolute Gasteiger partial charge is 0.312 e. The summed E-state index contributed by atoms with van der Waals surface area (Å²) < 4.78 is 39.8. The van der Waals surface area contributed by atoms with Gasteiger partial charge in [-0.05, 0) is 43.9 Å². The number of fused-ring (bicyclic) bond motifs is 1. The van der Waals surface area contributed by atoms with Crippen LogP contribution in [-0.2, 0) is 23.9 Å². The predicted octanol–water partition coefficient (Wildman–Crippen LogP) is 4.13. The van der Waals surface area contributed by atoms with E-state index in [4.69, 9.17) is 0 Å². The van der Waals surface area contributed by atoms with E-state index in [0.717, 1.165) is 35.7 Å². The fourth-order valence-corrected chi connectivity index (χ4v) is 3.50. The van der Waals surface area contributed by atoms with Crippen molar-refractivity contribution in [2.45, 2.75) is 46.3 Å². The number of halogens is 3. The molecule has 1 aromatic heterocycles. The molecule has 1 aliphatic rings. The fraction of sp³-hybridized carbons (Fsp3) is 0.474.